The van der Waals surface area contributed by atoms with Gasteiger partial charge in [0, 0.05) is 25.6 Å². The first-order valence-electron chi connectivity index (χ1n) is 12.4. The van der Waals surface area contributed by atoms with E-state index in [1.54, 1.807) is 24.1 Å². The second-order valence-electron chi connectivity index (χ2n) is 9.41. The highest BCUT2D eigenvalue weighted by atomic mass is 35.5. The number of alkyl halides is 1. The fourth-order valence-corrected chi connectivity index (χ4v) is 4.65. The van der Waals surface area contributed by atoms with Crippen LogP contribution in [-0.2, 0) is 0 Å². The molecule has 1 saturated heterocycles. The van der Waals surface area contributed by atoms with E-state index >= 15 is 4.39 Å². The molecule has 3 aromatic rings. The molecule has 2 N–H and O–H groups in total. The van der Waals surface area contributed by atoms with E-state index in [0.717, 1.165) is 11.6 Å². The van der Waals surface area contributed by atoms with Crippen molar-refractivity contribution >= 4 is 40.8 Å². The number of carbonyl (C=O) groups is 2. The normalized spacial score (nSPS) is 19.8. The number of likely N-dealkylation sites (tertiary alicyclic amines) is 1. The van der Waals surface area contributed by atoms with Crippen LogP contribution in [0.5, 0.6) is 17.4 Å². The summed E-state index contributed by atoms with van der Waals surface area (Å²) in [5.41, 5.74) is 0.984. The van der Waals surface area contributed by atoms with Crippen LogP contribution >= 0.6 is 11.6 Å². The van der Waals surface area contributed by atoms with E-state index < -0.39 is 17.9 Å². The number of amides is 2. The lowest BCUT2D eigenvalue weighted by Crippen LogP contribution is -2.40. The number of ether oxygens (including phenoxy) is 2. The molecule has 2 amide bonds. The Kier molecular flexibility index (Phi) is 7.63. The molecular formula is C27H25ClF2N6O4. The van der Waals surface area contributed by atoms with Crippen LogP contribution in [0.2, 0.25) is 5.02 Å². The average Bonchev–Trinajstić information content (AvgIpc) is 3.21. The van der Waals surface area contributed by atoms with Crippen molar-refractivity contribution in [3.63, 3.8) is 0 Å². The van der Waals surface area contributed by atoms with Gasteiger partial charge < -0.3 is 25.0 Å². The molecular weight excluding hydrogens is 546 g/mol. The molecule has 5 rings (SSSR count). The number of piperidine rings is 1. The highest BCUT2D eigenvalue weighted by Crippen LogP contribution is 2.37. The number of aromatic nitrogens is 2. The quantitative estimate of drug-likeness (QED) is 0.431. The van der Waals surface area contributed by atoms with Crippen molar-refractivity contribution in [2.45, 2.75) is 25.6 Å². The summed E-state index contributed by atoms with van der Waals surface area (Å²) in [4.78, 5) is 39.1. The third kappa shape index (κ3) is 5.45. The second-order valence-corrected chi connectivity index (χ2v) is 9.82. The van der Waals surface area contributed by atoms with Gasteiger partial charge in [0.25, 0.3) is 11.8 Å². The molecule has 2 aromatic carbocycles. The maximum absolute atomic E-state index is 15.0. The van der Waals surface area contributed by atoms with Gasteiger partial charge >= 0.3 is 0 Å². The van der Waals surface area contributed by atoms with Crippen LogP contribution in [0.3, 0.4) is 0 Å². The van der Waals surface area contributed by atoms with E-state index in [1.807, 2.05) is 13.0 Å². The number of hydrogen-bond acceptors (Lipinski definition) is 8. The van der Waals surface area contributed by atoms with Crippen LogP contribution in [0.4, 0.5) is 20.4 Å². The number of methoxy groups -OCH3 is 1. The van der Waals surface area contributed by atoms with Gasteiger partial charge in [0.2, 0.25) is 11.8 Å². The van der Waals surface area contributed by atoms with Crippen LogP contribution in [0, 0.1) is 5.82 Å². The van der Waals surface area contributed by atoms with Crippen molar-refractivity contribution in [2.75, 3.05) is 32.6 Å². The van der Waals surface area contributed by atoms with Crippen LogP contribution < -0.4 is 20.1 Å². The van der Waals surface area contributed by atoms with Crippen molar-refractivity contribution in [1.29, 1.82) is 0 Å². The zero-order valence-corrected chi connectivity index (χ0v) is 22.6. The van der Waals surface area contributed by atoms with E-state index in [4.69, 9.17) is 21.1 Å². The molecule has 2 atom stereocenters. The summed E-state index contributed by atoms with van der Waals surface area (Å²) < 4.78 is 40.6. The van der Waals surface area contributed by atoms with Crippen molar-refractivity contribution in [3.8, 4) is 17.4 Å². The lowest BCUT2D eigenvalue weighted by Gasteiger charge is -2.26. The summed E-state index contributed by atoms with van der Waals surface area (Å²) in [5.74, 6) is -1.78. The third-order valence-corrected chi connectivity index (χ3v) is 6.87. The maximum atomic E-state index is 15.0. The number of aliphatic imine (C=N–C) groups is 1. The zero-order valence-electron chi connectivity index (χ0n) is 21.8. The fourth-order valence-electron chi connectivity index (χ4n) is 4.52. The van der Waals surface area contributed by atoms with Gasteiger partial charge in [-0.15, -0.1) is 0 Å². The van der Waals surface area contributed by atoms with Crippen LogP contribution in [0.25, 0.3) is 0 Å². The number of benzene rings is 2. The molecule has 0 aliphatic carbocycles. The van der Waals surface area contributed by atoms with Crippen LogP contribution in [-0.4, -0.2) is 65.8 Å². The van der Waals surface area contributed by atoms with Gasteiger partial charge in [-0.3, -0.25) is 9.59 Å². The summed E-state index contributed by atoms with van der Waals surface area (Å²) in [7, 11) is 3.11. The Morgan fingerprint density at radius 2 is 2.10 bits per heavy atom. The van der Waals surface area contributed by atoms with E-state index in [0.29, 0.717) is 12.1 Å². The third-order valence-electron chi connectivity index (χ3n) is 6.61. The Bertz CT molecular complexity index is 1540. The average molecular weight is 571 g/mol. The molecule has 1 fully saturated rings. The van der Waals surface area contributed by atoms with E-state index in [9.17, 15) is 14.0 Å². The largest absolute Gasteiger partial charge is 0.495 e. The van der Waals surface area contributed by atoms with Gasteiger partial charge in [0.05, 0.1) is 41.9 Å². The first-order chi connectivity index (χ1) is 19.1. The van der Waals surface area contributed by atoms with Gasteiger partial charge in [0.1, 0.15) is 22.3 Å². The smallest absolute Gasteiger partial charge is 0.280 e. The molecule has 2 aliphatic heterocycles. The number of carbonyl (C=O) groups excluding carboxylic acids is 2. The number of nitrogens with one attached hydrogen (secondary N) is 2. The standard InChI is InChI=1S/C27H25ClF2N6O4/c1-13-14-5-4-6-21(23(14)25(38)32-13)40-26-16(28)11-31-27(35-26)34-20-10-17(29)15(9-22(20)39-3)24(37)33-19-7-8-36(2)12-18(19)30/h4-6,9-11,13,18H,7-8,12H2,1-3H3,(H,32,38)(H,31,34,35)/b33-19+/t13-,18+/m0/s1. The zero-order chi connectivity index (χ0) is 28.6. The van der Waals surface area contributed by atoms with Gasteiger partial charge in [-0.1, -0.05) is 23.7 Å². The molecule has 0 bridgehead atoms. The molecule has 3 heterocycles. The SMILES string of the molecule is COc1cc(C(=O)/N=C2\CCN(C)C[C@H]2F)c(F)cc1Nc1ncc(Cl)c(Oc2cccc3c2C(=O)N[C@H]3C)n1. The van der Waals surface area contributed by atoms with E-state index in [-0.39, 0.29) is 70.2 Å². The highest BCUT2D eigenvalue weighted by molar-refractivity contribution is 6.31. The first-order valence-corrected chi connectivity index (χ1v) is 12.8. The van der Waals surface area contributed by atoms with E-state index in [2.05, 4.69) is 25.6 Å². The minimum Gasteiger partial charge on any atom is -0.495 e. The molecule has 40 heavy (non-hydrogen) atoms. The summed E-state index contributed by atoms with van der Waals surface area (Å²) in [6.07, 6.45) is 0.154. The molecule has 0 radical (unpaired) electrons. The predicted octanol–water partition coefficient (Wildman–Crippen LogP) is 4.87. The Hall–Kier alpha value is -4.16. The van der Waals surface area contributed by atoms with Gasteiger partial charge in [-0.2, -0.15) is 4.98 Å². The van der Waals surface area contributed by atoms with Crippen molar-refractivity contribution in [1.82, 2.24) is 20.2 Å². The molecule has 13 heteroatoms. The number of halogens is 3. The highest BCUT2D eigenvalue weighted by Gasteiger charge is 2.30. The predicted molar refractivity (Wildman–Crippen MR) is 144 cm³/mol. The van der Waals surface area contributed by atoms with Crippen LogP contribution in [0.15, 0.2) is 41.5 Å². The molecule has 0 saturated carbocycles. The molecule has 1 aromatic heterocycles. The van der Waals surface area contributed by atoms with Gasteiger partial charge in [-0.25, -0.2) is 18.8 Å². The number of rotatable bonds is 6. The molecule has 0 spiro atoms. The molecule has 2 aliphatic rings. The maximum Gasteiger partial charge on any atom is 0.280 e. The first kappa shape index (κ1) is 27.4. The number of anilines is 2. The Balaban J connectivity index is 1.39. The summed E-state index contributed by atoms with van der Waals surface area (Å²) in [5, 5.41) is 5.73. The molecule has 0 unspecified atom stereocenters. The summed E-state index contributed by atoms with van der Waals surface area (Å²) >= 11 is 6.26. The monoisotopic (exact) mass is 570 g/mol. The minimum atomic E-state index is -1.40. The lowest BCUT2D eigenvalue weighted by atomic mass is 10.1. The summed E-state index contributed by atoms with van der Waals surface area (Å²) in [6.45, 7) is 2.53. The minimum absolute atomic E-state index is 0.0200. The topological polar surface area (TPSA) is 118 Å². The molecule has 208 valence electrons. The lowest BCUT2D eigenvalue weighted by molar-refractivity contribution is 0.0955. The van der Waals surface area contributed by atoms with E-state index in [1.165, 1.54) is 19.4 Å². The Morgan fingerprint density at radius 1 is 1.30 bits per heavy atom. The number of hydrogen-bond donors (Lipinski definition) is 2. The number of nitrogens with zero attached hydrogens (tertiary/aromatic N) is 4. The van der Waals surface area contributed by atoms with Crippen molar-refractivity contribution < 1.29 is 27.8 Å². The van der Waals surface area contributed by atoms with Crippen molar-refractivity contribution in [3.05, 3.63) is 64.1 Å². The fraction of sp³-hybridized carbons (Fsp3) is 0.296. The second kappa shape index (κ2) is 11.1. The van der Waals surface area contributed by atoms with Crippen molar-refractivity contribution in [2.24, 2.45) is 4.99 Å². The van der Waals surface area contributed by atoms with Gasteiger partial charge in [-0.05, 0) is 31.7 Å². The number of fused-ring (bicyclic) bond motifs is 1. The molecule has 10 nitrogen and oxygen atoms in total. The van der Waals surface area contributed by atoms with Crippen LogP contribution in [0.1, 0.15) is 45.7 Å². The Labute approximate surface area is 233 Å². The Morgan fingerprint density at radius 3 is 2.85 bits per heavy atom. The van der Waals surface area contributed by atoms with Gasteiger partial charge in [0.15, 0.2) is 6.17 Å². The summed E-state index contributed by atoms with van der Waals surface area (Å²) in [6, 6.07) is 7.23.